The van der Waals surface area contributed by atoms with Gasteiger partial charge in [0.05, 0.1) is 18.0 Å². The molecule has 1 aromatic heterocycles. The molecule has 5 heteroatoms. The zero-order chi connectivity index (χ0) is 22.0. The zero-order valence-corrected chi connectivity index (χ0v) is 22.8. The van der Waals surface area contributed by atoms with E-state index >= 15 is 0 Å². The first-order valence-corrected chi connectivity index (χ1v) is 15.4. The first-order valence-electron chi connectivity index (χ1n) is 11.5. The van der Waals surface area contributed by atoms with Gasteiger partial charge >= 0.3 is 0 Å². The molecule has 0 spiro atoms. The van der Waals surface area contributed by atoms with E-state index in [0.29, 0.717) is 5.92 Å². The van der Waals surface area contributed by atoms with Crippen molar-refractivity contribution in [2.24, 2.45) is 5.92 Å². The Morgan fingerprint density at radius 3 is 2.37 bits per heavy atom. The summed E-state index contributed by atoms with van der Waals surface area (Å²) in [6, 6.07) is 8.79. The predicted octanol–water partition coefficient (Wildman–Crippen LogP) is 7.61. The average Bonchev–Trinajstić information content (AvgIpc) is 3.23. The lowest BCUT2D eigenvalue weighted by atomic mass is 9.78. The van der Waals surface area contributed by atoms with Crippen LogP contribution in [0.1, 0.15) is 71.8 Å². The van der Waals surface area contributed by atoms with E-state index in [0.717, 1.165) is 6.42 Å². The van der Waals surface area contributed by atoms with E-state index in [1.165, 1.54) is 41.2 Å². The lowest BCUT2D eigenvalue weighted by Crippen LogP contribution is -2.49. The number of imidazole rings is 1. The van der Waals surface area contributed by atoms with E-state index in [9.17, 15) is 0 Å². The van der Waals surface area contributed by atoms with Crippen LogP contribution in [-0.4, -0.2) is 24.0 Å². The Morgan fingerprint density at radius 1 is 1.13 bits per heavy atom. The highest BCUT2D eigenvalue weighted by atomic mass is 127. The molecule has 1 saturated carbocycles. The second kappa shape index (κ2) is 9.45. The molecule has 1 aromatic carbocycles. The van der Waals surface area contributed by atoms with Crippen LogP contribution in [0.4, 0.5) is 0 Å². The van der Waals surface area contributed by atoms with Gasteiger partial charge in [-0.25, -0.2) is 4.98 Å². The second-order valence-electron chi connectivity index (χ2n) is 10.7. The molecular formula is C25H39IN2OSi. The van der Waals surface area contributed by atoms with Crippen LogP contribution in [0.2, 0.25) is 18.1 Å². The summed E-state index contributed by atoms with van der Waals surface area (Å²) in [6.07, 6.45) is 13.9. The molecule has 1 heterocycles. The van der Waals surface area contributed by atoms with E-state index in [1.54, 1.807) is 0 Å². The fraction of sp³-hybridized carbons (Fsp3) is 0.640. The third-order valence-electron chi connectivity index (χ3n) is 7.55. The summed E-state index contributed by atoms with van der Waals surface area (Å²) in [5, 5.41) is 0.215. The van der Waals surface area contributed by atoms with Crippen molar-refractivity contribution >= 4 is 30.9 Å². The summed E-state index contributed by atoms with van der Waals surface area (Å²) in [5.74, 6) is 0.650. The minimum Gasteiger partial charge on any atom is -0.414 e. The summed E-state index contributed by atoms with van der Waals surface area (Å²) >= 11 is 2.49. The fourth-order valence-electron chi connectivity index (χ4n) is 4.56. The maximum absolute atomic E-state index is 7.20. The van der Waals surface area contributed by atoms with Gasteiger partial charge < -0.3 is 8.99 Å². The summed E-state index contributed by atoms with van der Waals surface area (Å²) < 4.78 is 10.8. The molecule has 0 radical (unpaired) electrons. The van der Waals surface area contributed by atoms with Crippen LogP contribution in [0.15, 0.2) is 43.0 Å². The van der Waals surface area contributed by atoms with Gasteiger partial charge in [0, 0.05) is 22.4 Å². The lowest BCUT2D eigenvalue weighted by molar-refractivity contribution is 0.0603. The highest BCUT2D eigenvalue weighted by molar-refractivity contribution is 14.1. The second-order valence-corrected chi connectivity index (χ2v) is 16.7. The van der Waals surface area contributed by atoms with Crippen molar-refractivity contribution in [1.82, 2.24) is 9.55 Å². The SMILES string of the molecule is CC(CC(O[Si](C)(C)C(C)(C)C)C1CCCCC1)(c1ccccc1I)n1ccnc1. The molecule has 3 nitrogen and oxygen atoms in total. The molecule has 3 rings (SSSR count). The molecule has 1 aliphatic rings. The van der Waals surface area contributed by atoms with Crippen molar-refractivity contribution in [3.8, 4) is 0 Å². The zero-order valence-electron chi connectivity index (χ0n) is 19.6. The van der Waals surface area contributed by atoms with Gasteiger partial charge in [-0.3, -0.25) is 0 Å². The van der Waals surface area contributed by atoms with Crippen molar-refractivity contribution in [1.29, 1.82) is 0 Å². The molecule has 1 aliphatic carbocycles. The van der Waals surface area contributed by atoms with Crippen molar-refractivity contribution in [2.75, 3.05) is 0 Å². The molecule has 2 unspecified atom stereocenters. The van der Waals surface area contributed by atoms with Crippen molar-refractivity contribution in [3.05, 3.63) is 52.1 Å². The monoisotopic (exact) mass is 538 g/mol. The Labute approximate surface area is 198 Å². The number of hydrogen-bond donors (Lipinski definition) is 0. The van der Waals surface area contributed by atoms with Crippen molar-refractivity contribution < 1.29 is 4.43 Å². The summed E-state index contributed by atoms with van der Waals surface area (Å²) in [6.45, 7) is 14.2. The summed E-state index contributed by atoms with van der Waals surface area (Å²) in [4.78, 5) is 4.41. The van der Waals surface area contributed by atoms with E-state index in [1.807, 2.05) is 12.5 Å². The summed E-state index contributed by atoms with van der Waals surface area (Å²) in [5.41, 5.74) is 1.18. The number of aromatic nitrogens is 2. The molecule has 30 heavy (non-hydrogen) atoms. The number of nitrogens with zero attached hydrogens (tertiary/aromatic N) is 2. The van der Waals surface area contributed by atoms with Gasteiger partial charge in [-0.15, -0.1) is 0 Å². The first kappa shape index (κ1) is 24.0. The first-order chi connectivity index (χ1) is 14.0. The van der Waals surface area contributed by atoms with Gasteiger partial charge in [0.2, 0.25) is 0 Å². The van der Waals surface area contributed by atoms with Gasteiger partial charge in [-0.1, -0.05) is 58.2 Å². The topological polar surface area (TPSA) is 27.1 Å². The number of halogens is 1. The van der Waals surface area contributed by atoms with Crippen LogP contribution in [0.25, 0.3) is 0 Å². The average molecular weight is 539 g/mol. The molecule has 0 saturated heterocycles. The third-order valence-corrected chi connectivity index (χ3v) is 13.0. The Balaban J connectivity index is 2.01. The molecule has 0 amide bonds. The lowest BCUT2D eigenvalue weighted by Gasteiger charge is -2.45. The Hall–Kier alpha value is -0.663. The van der Waals surface area contributed by atoms with Crippen LogP contribution < -0.4 is 0 Å². The fourth-order valence-corrected chi connectivity index (χ4v) is 6.92. The smallest absolute Gasteiger partial charge is 0.192 e. The molecule has 0 bridgehead atoms. The minimum atomic E-state index is -1.88. The molecule has 0 N–H and O–H groups in total. The van der Waals surface area contributed by atoms with E-state index in [4.69, 9.17) is 4.43 Å². The Morgan fingerprint density at radius 2 is 1.80 bits per heavy atom. The van der Waals surface area contributed by atoms with Gasteiger partial charge in [0.25, 0.3) is 0 Å². The molecule has 1 fully saturated rings. The van der Waals surface area contributed by atoms with E-state index in [2.05, 4.69) is 103 Å². The summed E-state index contributed by atoms with van der Waals surface area (Å²) in [7, 11) is -1.88. The quantitative estimate of drug-likeness (QED) is 0.268. The van der Waals surface area contributed by atoms with Crippen LogP contribution in [-0.2, 0) is 9.96 Å². The highest BCUT2D eigenvalue weighted by Gasteiger charge is 2.44. The van der Waals surface area contributed by atoms with Crippen molar-refractivity contribution in [2.45, 2.75) is 96.0 Å². The Kier molecular flexibility index (Phi) is 7.56. The largest absolute Gasteiger partial charge is 0.414 e. The Bertz CT molecular complexity index is 809. The molecule has 2 aromatic rings. The maximum Gasteiger partial charge on any atom is 0.192 e. The van der Waals surface area contributed by atoms with E-state index in [-0.39, 0.29) is 16.7 Å². The van der Waals surface area contributed by atoms with E-state index < -0.39 is 8.32 Å². The number of benzene rings is 1. The minimum absolute atomic E-state index is 0.182. The van der Waals surface area contributed by atoms with Gasteiger partial charge in [0.15, 0.2) is 8.32 Å². The van der Waals surface area contributed by atoms with Crippen LogP contribution in [0, 0.1) is 9.49 Å². The number of hydrogen-bond acceptors (Lipinski definition) is 2. The van der Waals surface area contributed by atoms with Crippen molar-refractivity contribution in [3.63, 3.8) is 0 Å². The van der Waals surface area contributed by atoms with Crippen LogP contribution in [0.3, 0.4) is 0 Å². The van der Waals surface area contributed by atoms with Crippen LogP contribution in [0.5, 0.6) is 0 Å². The van der Waals surface area contributed by atoms with Gasteiger partial charge in [0.1, 0.15) is 0 Å². The standard InChI is InChI=1S/C25H39IN2OSi/c1-24(2,3)30(5,6)29-23(20-12-8-7-9-13-20)18-25(4,28-17-16-27-19-28)21-14-10-11-15-22(21)26/h10-11,14-17,19-20,23H,7-9,12-13,18H2,1-6H3. The highest BCUT2D eigenvalue weighted by Crippen LogP contribution is 2.44. The molecule has 0 aliphatic heterocycles. The normalized spacial score (nSPS) is 19.4. The van der Waals surface area contributed by atoms with Gasteiger partial charge in [-0.2, -0.15) is 0 Å². The predicted molar refractivity (Wildman–Crippen MR) is 137 cm³/mol. The number of rotatable bonds is 7. The molecular weight excluding hydrogens is 499 g/mol. The molecule has 2 atom stereocenters. The molecule has 166 valence electrons. The van der Waals surface area contributed by atoms with Crippen LogP contribution >= 0.6 is 22.6 Å². The van der Waals surface area contributed by atoms with Gasteiger partial charge in [-0.05, 0) is 78.0 Å². The third kappa shape index (κ3) is 5.21. The maximum atomic E-state index is 7.20.